The third kappa shape index (κ3) is 13.6. The molecule has 1 N–H and O–H groups in total. The van der Waals surface area contributed by atoms with Crippen LogP contribution in [0, 0.1) is 0 Å². The van der Waals surface area contributed by atoms with E-state index >= 15 is 0 Å². The third-order valence-corrected chi connectivity index (χ3v) is 1.83. The molecule has 0 aliphatic heterocycles. The van der Waals surface area contributed by atoms with E-state index in [1.54, 1.807) is 0 Å². The van der Waals surface area contributed by atoms with Crippen LogP contribution in [0.4, 0.5) is 13.2 Å². The first kappa shape index (κ1) is 16.7. The number of nitrogens with one attached hydrogen (secondary N) is 1. The van der Waals surface area contributed by atoms with Crippen molar-refractivity contribution in [1.82, 2.24) is 5.32 Å². The average Bonchev–Trinajstić information content (AvgIpc) is 2.21. The molecule has 0 saturated carbocycles. The summed E-state index contributed by atoms with van der Waals surface area (Å²) in [6.07, 6.45) is -3.79. The van der Waals surface area contributed by atoms with Crippen LogP contribution in [0.1, 0.15) is 6.42 Å². The molecule has 0 bridgehead atoms. The predicted octanol–water partition coefficient (Wildman–Crippen LogP) is 1.48. The van der Waals surface area contributed by atoms with Crippen LogP contribution in [0.5, 0.6) is 0 Å². The number of hydrogen-bond donors (Lipinski definition) is 1. The topological polar surface area (TPSA) is 47.6 Å². The minimum Gasteiger partial charge on any atom is -0.381 e. The Morgan fingerprint density at radius 2 is 1.94 bits per heavy atom. The molecule has 0 unspecified atom stereocenters. The fourth-order valence-electron chi connectivity index (χ4n) is 0.869. The third-order valence-electron chi connectivity index (χ3n) is 1.51. The number of carbonyl (C=O) groups is 1. The van der Waals surface area contributed by atoms with E-state index in [1.807, 2.05) is 0 Å². The number of hydrogen-bond acceptors (Lipinski definition) is 3. The molecular weight excluding hydrogens is 307 g/mol. The van der Waals surface area contributed by atoms with Crippen molar-refractivity contribution in [1.29, 1.82) is 0 Å². The summed E-state index contributed by atoms with van der Waals surface area (Å²) in [6.45, 7) is -0.551. The van der Waals surface area contributed by atoms with Gasteiger partial charge in [0.25, 0.3) is 0 Å². The van der Waals surface area contributed by atoms with Crippen molar-refractivity contribution in [2.75, 3.05) is 38.3 Å². The minimum absolute atomic E-state index is 0.358. The Balaban J connectivity index is 3.29. The standard InChI is InChI=1S/C9H15BrF3NO3/c10-2-5-16-4-1-3-14-8(15)6-17-7-9(11,12)13/h1-7H2,(H,14,15). The molecule has 4 nitrogen and oxygen atoms in total. The highest BCUT2D eigenvalue weighted by Gasteiger charge is 2.27. The number of carbonyl (C=O) groups excluding carboxylic acids is 1. The van der Waals surface area contributed by atoms with Crippen molar-refractivity contribution in [3.8, 4) is 0 Å². The summed E-state index contributed by atoms with van der Waals surface area (Å²) < 4.78 is 44.3. The Labute approximate surface area is 106 Å². The number of halogens is 4. The molecule has 1 amide bonds. The van der Waals surface area contributed by atoms with Gasteiger partial charge in [0.05, 0.1) is 6.61 Å². The average molecular weight is 322 g/mol. The maximum atomic E-state index is 11.7. The zero-order chi connectivity index (χ0) is 13.1. The van der Waals surface area contributed by atoms with Gasteiger partial charge in [0.15, 0.2) is 0 Å². The molecule has 0 radical (unpaired) electrons. The molecule has 102 valence electrons. The maximum absolute atomic E-state index is 11.7. The van der Waals surface area contributed by atoms with Crippen molar-refractivity contribution in [3.63, 3.8) is 0 Å². The Morgan fingerprint density at radius 3 is 2.53 bits per heavy atom. The van der Waals surface area contributed by atoms with E-state index in [0.717, 1.165) is 5.33 Å². The molecule has 0 fully saturated rings. The summed E-state index contributed by atoms with van der Waals surface area (Å²) in [5.74, 6) is -0.560. The summed E-state index contributed by atoms with van der Waals surface area (Å²) in [7, 11) is 0. The Bertz CT molecular complexity index is 214. The Morgan fingerprint density at radius 1 is 1.24 bits per heavy atom. The number of ether oxygens (including phenoxy) is 2. The SMILES string of the molecule is O=C(COCC(F)(F)F)NCCCOCCBr. The molecule has 8 heteroatoms. The Kier molecular flexibility index (Phi) is 9.47. The molecule has 0 aromatic rings. The molecule has 0 saturated heterocycles. The van der Waals surface area contributed by atoms with Crippen molar-refractivity contribution in [2.24, 2.45) is 0 Å². The van der Waals surface area contributed by atoms with Crippen molar-refractivity contribution >= 4 is 21.8 Å². The van der Waals surface area contributed by atoms with Gasteiger partial charge in [0.1, 0.15) is 13.2 Å². The zero-order valence-corrected chi connectivity index (χ0v) is 10.8. The predicted molar refractivity (Wildman–Crippen MR) is 59.1 cm³/mol. The Hall–Kier alpha value is -0.340. The molecule has 0 rings (SSSR count). The molecule has 0 heterocycles. The van der Waals surface area contributed by atoms with Crippen LogP contribution in [0.25, 0.3) is 0 Å². The van der Waals surface area contributed by atoms with Gasteiger partial charge >= 0.3 is 6.18 Å². The second-order valence-corrected chi connectivity index (χ2v) is 3.91. The van der Waals surface area contributed by atoms with E-state index in [1.165, 1.54) is 0 Å². The molecule has 0 aromatic carbocycles. The van der Waals surface area contributed by atoms with E-state index in [0.29, 0.717) is 26.2 Å². The van der Waals surface area contributed by atoms with Crippen molar-refractivity contribution in [2.45, 2.75) is 12.6 Å². The van der Waals surface area contributed by atoms with E-state index in [9.17, 15) is 18.0 Å². The monoisotopic (exact) mass is 321 g/mol. The summed E-state index contributed by atoms with van der Waals surface area (Å²) in [5, 5.41) is 3.16. The first-order valence-electron chi connectivity index (χ1n) is 5.00. The maximum Gasteiger partial charge on any atom is 0.411 e. The molecule has 0 aliphatic rings. The van der Waals surface area contributed by atoms with Crippen LogP contribution in [0.2, 0.25) is 0 Å². The molecular formula is C9H15BrF3NO3. The molecule has 0 spiro atoms. The largest absolute Gasteiger partial charge is 0.411 e. The van der Waals surface area contributed by atoms with Gasteiger partial charge in [-0.3, -0.25) is 4.79 Å². The van der Waals surface area contributed by atoms with Crippen molar-refractivity contribution < 1.29 is 27.4 Å². The van der Waals surface area contributed by atoms with Crippen LogP contribution >= 0.6 is 15.9 Å². The van der Waals surface area contributed by atoms with Crippen LogP contribution < -0.4 is 5.32 Å². The lowest BCUT2D eigenvalue weighted by Crippen LogP contribution is -2.31. The van der Waals surface area contributed by atoms with Gasteiger partial charge in [0.2, 0.25) is 5.91 Å². The van der Waals surface area contributed by atoms with Gasteiger partial charge in [-0.05, 0) is 6.42 Å². The van der Waals surface area contributed by atoms with Crippen LogP contribution in [-0.2, 0) is 14.3 Å². The van der Waals surface area contributed by atoms with Crippen LogP contribution in [0.15, 0.2) is 0 Å². The fourth-order valence-corrected chi connectivity index (χ4v) is 1.10. The van der Waals surface area contributed by atoms with Gasteiger partial charge in [-0.25, -0.2) is 0 Å². The number of amides is 1. The smallest absolute Gasteiger partial charge is 0.381 e. The summed E-state index contributed by atoms with van der Waals surface area (Å²) in [5.41, 5.74) is 0. The quantitative estimate of drug-likeness (QED) is 0.517. The lowest BCUT2D eigenvalue weighted by atomic mass is 10.4. The van der Waals surface area contributed by atoms with E-state index in [4.69, 9.17) is 4.74 Å². The van der Waals surface area contributed by atoms with Crippen LogP contribution in [-0.4, -0.2) is 50.4 Å². The second kappa shape index (κ2) is 9.67. The number of rotatable bonds is 9. The van der Waals surface area contributed by atoms with Gasteiger partial charge in [0, 0.05) is 18.5 Å². The molecule has 17 heavy (non-hydrogen) atoms. The lowest BCUT2D eigenvalue weighted by molar-refractivity contribution is -0.175. The van der Waals surface area contributed by atoms with Gasteiger partial charge in [-0.1, -0.05) is 15.9 Å². The number of alkyl halides is 4. The second-order valence-electron chi connectivity index (χ2n) is 3.11. The fraction of sp³-hybridized carbons (Fsp3) is 0.889. The van der Waals surface area contributed by atoms with Gasteiger partial charge < -0.3 is 14.8 Å². The summed E-state index contributed by atoms with van der Waals surface area (Å²) in [6, 6.07) is 0. The summed E-state index contributed by atoms with van der Waals surface area (Å²) in [4.78, 5) is 11.0. The van der Waals surface area contributed by atoms with Gasteiger partial charge in [-0.15, -0.1) is 0 Å². The zero-order valence-electron chi connectivity index (χ0n) is 9.19. The first-order chi connectivity index (χ1) is 7.95. The normalized spacial score (nSPS) is 11.5. The minimum atomic E-state index is -4.40. The van der Waals surface area contributed by atoms with Gasteiger partial charge in [-0.2, -0.15) is 13.2 Å². The van der Waals surface area contributed by atoms with E-state index < -0.39 is 25.3 Å². The molecule has 0 aliphatic carbocycles. The molecule has 0 atom stereocenters. The lowest BCUT2D eigenvalue weighted by Gasteiger charge is -2.08. The van der Waals surface area contributed by atoms with Crippen LogP contribution in [0.3, 0.4) is 0 Å². The first-order valence-corrected chi connectivity index (χ1v) is 6.13. The highest BCUT2D eigenvalue weighted by molar-refractivity contribution is 9.09. The highest BCUT2D eigenvalue weighted by Crippen LogP contribution is 2.13. The van der Waals surface area contributed by atoms with E-state index in [2.05, 4.69) is 26.0 Å². The van der Waals surface area contributed by atoms with Crippen molar-refractivity contribution in [3.05, 3.63) is 0 Å². The molecule has 0 aromatic heterocycles. The highest BCUT2D eigenvalue weighted by atomic mass is 79.9. The summed E-state index contributed by atoms with van der Waals surface area (Å²) >= 11 is 3.18. The van der Waals surface area contributed by atoms with E-state index in [-0.39, 0.29) is 0 Å².